The van der Waals surface area contributed by atoms with Gasteiger partial charge in [0.05, 0.1) is 5.92 Å². The Morgan fingerprint density at radius 1 is 1.24 bits per heavy atom. The van der Waals surface area contributed by atoms with Gasteiger partial charge in [-0.1, -0.05) is 6.92 Å². The molecule has 0 atom stereocenters. The van der Waals surface area contributed by atoms with E-state index >= 15 is 0 Å². The van der Waals surface area contributed by atoms with Gasteiger partial charge in [0.25, 0.3) is 0 Å². The highest BCUT2D eigenvalue weighted by molar-refractivity contribution is 5.72. The Kier molecular flexibility index (Phi) is 5.44. The van der Waals surface area contributed by atoms with Crippen LogP contribution in [0.4, 0.5) is 0 Å². The van der Waals surface area contributed by atoms with Crippen LogP contribution in [0.5, 0.6) is 0 Å². The van der Waals surface area contributed by atoms with E-state index in [2.05, 4.69) is 12.2 Å². The highest BCUT2D eigenvalue weighted by Crippen LogP contribution is 2.30. The summed E-state index contributed by atoms with van der Waals surface area (Å²) in [7, 11) is 0. The van der Waals surface area contributed by atoms with Gasteiger partial charge in [0.1, 0.15) is 5.60 Å². The molecule has 100 valence electrons. The average molecular weight is 241 g/mol. The van der Waals surface area contributed by atoms with E-state index in [1.165, 1.54) is 0 Å². The molecule has 0 aromatic carbocycles. The predicted molar refractivity (Wildman–Crippen MR) is 69.8 cm³/mol. The van der Waals surface area contributed by atoms with Crippen LogP contribution < -0.4 is 5.32 Å². The van der Waals surface area contributed by atoms with E-state index in [1.807, 2.05) is 20.8 Å². The first-order chi connectivity index (χ1) is 7.92. The van der Waals surface area contributed by atoms with E-state index in [0.29, 0.717) is 0 Å². The molecular formula is C14H27NO2. The number of hydrogen-bond donors (Lipinski definition) is 1. The molecule has 0 aromatic rings. The minimum Gasteiger partial charge on any atom is -0.460 e. The van der Waals surface area contributed by atoms with E-state index in [1.54, 1.807) is 0 Å². The standard InChI is InChI=1S/C14H27NO2/c1-5-15-10-11-6-8-12(9-7-11)13(16)17-14(2,3)4/h11-12,15H,5-10H2,1-4H3. The smallest absolute Gasteiger partial charge is 0.309 e. The molecule has 1 aliphatic rings. The minimum atomic E-state index is -0.350. The van der Waals surface area contributed by atoms with E-state index < -0.39 is 0 Å². The van der Waals surface area contributed by atoms with Gasteiger partial charge in [0.2, 0.25) is 0 Å². The van der Waals surface area contributed by atoms with Gasteiger partial charge in [-0.2, -0.15) is 0 Å². The van der Waals surface area contributed by atoms with Crippen molar-refractivity contribution < 1.29 is 9.53 Å². The van der Waals surface area contributed by atoms with Crippen LogP contribution in [0.15, 0.2) is 0 Å². The lowest BCUT2D eigenvalue weighted by molar-refractivity contribution is -0.161. The fourth-order valence-electron chi connectivity index (χ4n) is 2.34. The molecule has 1 N–H and O–H groups in total. The zero-order valence-electron chi connectivity index (χ0n) is 11.7. The van der Waals surface area contributed by atoms with Crippen LogP contribution in [0, 0.1) is 11.8 Å². The maximum absolute atomic E-state index is 11.9. The van der Waals surface area contributed by atoms with Crippen LogP contribution in [0.25, 0.3) is 0 Å². The van der Waals surface area contributed by atoms with Gasteiger partial charge < -0.3 is 10.1 Å². The van der Waals surface area contributed by atoms with Crippen LogP contribution >= 0.6 is 0 Å². The summed E-state index contributed by atoms with van der Waals surface area (Å²) >= 11 is 0. The zero-order valence-corrected chi connectivity index (χ0v) is 11.7. The van der Waals surface area contributed by atoms with Crippen molar-refractivity contribution in [3.63, 3.8) is 0 Å². The van der Waals surface area contributed by atoms with E-state index in [9.17, 15) is 4.79 Å². The monoisotopic (exact) mass is 241 g/mol. The Morgan fingerprint density at radius 2 is 1.82 bits per heavy atom. The van der Waals surface area contributed by atoms with E-state index in [4.69, 9.17) is 4.74 Å². The van der Waals surface area contributed by atoms with Crippen molar-refractivity contribution in [1.29, 1.82) is 0 Å². The molecule has 0 radical (unpaired) electrons. The molecule has 1 aliphatic carbocycles. The number of rotatable bonds is 4. The maximum atomic E-state index is 11.9. The van der Waals surface area contributed by atoms with Crippen LogP contribution in [0.2, 0.25) is 0 Å². The summed E-state index contributed by atoms with van der Waals surface area (Å²) < 4.78 is 5.44. The molecule has 0 amide bonds. The summed E-state index contributed by atoms with van der Waals surface area (Å²) in [6.07, 6.45) is 4.28. The molecule has 0 aliphatic heterocycles. The van der Waals surface area contributed by atoms with E-state index in [0.717, 1.165) is 44.7 Å². The largest absolute Gasteiger partial charge is 0.460 e. The first-order valence-corrected chi connectivity index (χ1v) is 6.86. The van der Waals surface area contributed by atoms with E-state index in [-0.39, 0.29) is 17.5 Å². The zero-order chi connectivity index (χ0) is 12.9. The lowest BCUT2D eigenvalue weighted by atomic mass is 9.82. The molecule has 0 bridgehead atoms. The summed E-state index contributed by atoms with van der Waals surface area (Å²) in [4.78, 5) is 11.9. The van der Waals surface area contributed by atoms with Crippen LogP contribution in [-0.4, -0.2) is 24.7 Å². The Bertz CT molecular complexity index is 237. The van der Waals surface area contributed by atoms with Gasteiger partial charge in [-0.3, -0.25) is 4.79 Å². The molecule has 0 unspecified atom stereocenters. The first kappa shape index (κ1) is 14.5. The molecule has 0 aromatic heterocycles. The molecule has 3 nitrogen and oxygen atoms in total. The number of carbonyl (C=O) groups excluding carboxylic acids is 1. The Balaban J connectivity index is 2.29. The fraction of sp³-hybridized carbons (Fsp3) is 0.929. The second-order valence-corrected chi connectivity index (χ2v) is 6.06. The summed E-state index contributed by atoms with van der Waals surface area (Å²) in [6.45, 7) is 10.1. The third-order valence-corrected chi connectivity index (χ3v) is 3.27. The van der Waals surface area contributed by atoms with Crippen molar-refractivity contribution in [2.75, 3.05) is 13.1 Å². The molecular weight excluding hydrogens is 214 g/mol. The van der Waals surface area contributed by atoms with Crippen LogP contribution in [0.1, 0.15) is 53.4 Å². The normalized spacial score (nSPS) is 25.6. The molecule has 1 saturated carbocycles. The molecule has 0 spiro atoms. The quantitative estimate of drug-likeness (QED) is 0.769. The lowest BCUT2D eigenvalue weighted by Gasteiger charge is -2.29. The third-order valence-electron chi connectivity index (χ3n) is 3.27. The average Bonchev–Trinajstić information content (AvgIpc) is 2.24. The Morgan fingerprint density at radius 3 is 2.29 bits per heavy atom. The van der Waals surface area contributed by atoms with Gasteiger partial charge in [0.15, 0.2) is 0 Å². The van der Waals surface area contributed by atoms with Gasteiger partial charge in [-0.15, -0.1) is 0 Å². The van der Waals surface area contributed by atoms with Gasteiger partial charge in [-0.25, -0.2) is 0 Å². The second-order valence-electron chi connectivity index (χ2n) is 6.06. The Labute approximate surface area is 105 Å². The number of hydrogen-bond acceptors (Lipinski definition) is 3. The maximum Gasteiger partial charge on any atom is 0.309 e. The van der Waals surface area contributed by atoms with Gasteiger partial charge in [0, 0.05) is 0 Å². The number of esters is 1. The van der Waals surface area contributed by atoms with Gasteiger partial charge in [-0.05, 0) is 65.5 Å². The topological polar surface area (TPSA) is 38.3 Å². The molecule has 3 heteroatoms. The predicted octanol–water partition coefficient (Wildman–Crippen LogP) is 2.74. The second kappa shape index (κ2) is 6.39. The summed E-state index contributed by atoms with van der Waals surface area (Å²) in [6, 6.07) is 0. The van der Waals surface area contributed by atoms with Crippen molar-refractivity contribution in [3.05, 3.63) is 0 Å². The number of carbonyl (C=O) groups is 1. The van der Waals surface area contributed by atoms with Crippen molar-refractivity contribution >= 4 is 5.97 Å². The molecule has 17 heavy (non-hydrogen) atoms. The highest BCUT2D eigenvalue weighted by Gasteiger charge is 2.29. The molecule has 0 saturated heterocycles. The first-order valence-electron chi connectivity index (χ1n) is 6.86. The minimum absolute atomic E-state index is 0.000555. The van der Waals surface area contributed by atoms with Crippen molar-refractivity contribution in [3.8, 4) is 0 Å². The van der Waals surface area contributed by atoms with Gasteiger partial charge >= 0.3 is 5.97 Å². The molecule has 0 heterocycles. The fourth-order valence-corrected chi connectivity index (χ4v) is 2.34. The van der Waals surface area contributed by atoms with Crippen molar-refractivity contribution in [2.24, 2.45) is 11.8 Å². The number of ether oxygens (including phenoxy) is 1. The number of nitrogens with one attached hydrogen (secondary N) is 1. The third kappa shape index (κ3) is 5.53. The van der Waals surface area contributed by atoms with Crippen LogP contribution in [-0.2, 0) is 9.53 Å². The van der Waals surface area contributed by atoms with Crippen molar-refractivity contribution in [1.82, 2.24) is 5.32 Å². The van der Waals surface area contributed by atoms with Crippen molar-refractivity contribution in [2.45, 2.75) is 59.0 Å². The summed E-state index contributed by atoms with van der Waals surface area (Å²) in [5.41, 5.74) is -0.350. The molecule has 1 rings (SSSR count). The van der Waals surface area contributed by atoms with Crippen LogP contribution in [0.3, 0.4) is 0 Å². The summed E-state index contributed by atoms with van der Waals surface area (Å²) in [5, 5.41) is 3.38. The lowest BCUT2D eigenvalue weighted by Crippen LogP contribution is -2.33. The Hall–Kier alpha value is -0.570. The SMILES string of the molecule is CCNCC1CCC(C(=O)OC(C)(C)C)CC1. The molecule has 1 fully saturated rings. The summed E-state index contributed by atoms with van der Waals surface area (Å²) in [5.74, 6) is 0.875. The highest BCUT2D eigenvalue weighted by atomic mass is 16.6.